The monoisotopic (exact) mass is 434 g/mol. The number of unbranched alkanes of at least 4 members (excludes halogenated alkanes) is 2. The summed E-state index contributed by atoms with van der Waals surface area (Å²) in [6.45, 7) is 3.52. The maximum Gasteiger partial charge on any atom is 0.308 e. The number of aryl methyl sites for hydroxylation is 1. The summed E-state index contributed by atoms with van der Waals surface area (Å²) >= 11 is 0. The number of aliphatic carboxylic acids is 1. The van der Waals surface area contributed by atoms with Gasteiger partial charge in [-0.2, -0.15) is 5.26 Å². The maximum atomic E-state index is 13.8. The molecule has 0 unspecified atom stereocenters. The number of fused-ring (bicyclic) bond motifs is 2. The number of rotatable bonds is 8. The molecule has 4 aromatic heterocycles. The van der Waals surface area contributed by atoms with Gasteiger partial charge >= 0.3 is 5.97 Å². The van der Waals surface area contributed by atoms with Crippen LogP contribution in [0.3, 0.4) is 0 Å². The van der Waals surface area contributed by atoms with Crippen molar-refractivity contribution >= 4 is 28.0 Å². The summed E-state index contributed by atoms with van der Waals surface area (Å²) in [6, 6.07) is 3.20. The molecule has 0 bridgehead atoms. The van der Waals surface area contributed by atoms with Gasteiger partial charge in [-0.1, -0.05) is 0 Å². The molecule has 0 spiro atoms. The second-order valence-corrected chi connectivity index (χ2v) is 7.98. The second kappa shape index (κ2) is 8.75. The topological polar surface area (TPSA) is 120 Å². The van der Waals surface area contributed by atoms with Crippen molar-refractivity contribution in [2.75, 3.05) is 0 Å². The molecule has 0 fully saturated rings. The fraction of sp³-hybridized carbons (Fsp3) is 0.348. The van der Waals surface area contributed by atoms with Crippen LogP contribution < -0.4 is 0 Å². The average Bonchev–Trinajstić information content (AvgIpc) is 3.36. The number of H-pyrrole nitrogens is 1. The zero-order chi connectivity index (χ0) is 22.8. The maximum absolute atomic E-state index is 13.8. The van der Waals surface area contributed by atoms with E-state index in [1.54, 1.807) is 19.3 Å². The zero-order valence-corrected chi connectivity index (χ0v) is 17.8. The zero-order valence-electron chi connectivity index (χ0n) is 17.8. The Balaban J connectivity index is 1.82. The van der Waals surface area contributed by atoms with Gasteiger partial charge in [-0.25, -0.2) is 19.3 Å². The molecule has 0 amide bonds. The van der Waals surface area contributed by atoms with E-state index in [1.165, 1.54) is 6.07 Å². The van der Waals surface area contributed by atoms with Gasteiger partial charge in [-0.15, -0.1) is 0 Å². The number of carboxylic acid groups (broad SMARTS) is 1. The fourth-order valence-corrected chi connectivity index (χ4v) is 3.86. The third-order valence-corrected chi connectivity index (χ3v) is 5.93. The molecular formula is C23H23FN6O2. The second-order valence-electron chi connectivity index (χ2n) is 7.98. The minimum atomic E-state index is -0.887. The van der Waals surface area contributed by atoms with E-state index in [-0.39, 0.29) is 6.04 Å². The summed E-state index contributed by atoms with van der Waals surface area (Å²) in [7, 11) is 0. The number of hydrogen-bond donors (Lipinski definition) is 2. The molecule has 0 saturated heterocycles. The molecule has 32 heavy (non-hydrogen) atoms. The lowest BCUT2D eigenvalue weighted by Gasteiger charge is -2.18. The summed E-state index contributed by atoms with van der Waals surface area (Å²) in [5.41, 5.74) is 2.80. The normalized spacial score (nSPS) is 13.3. The van der Waals surface area contributed by atoms with Gasteiger partial charge in [0.25, 0.3) is 0 Å². The smallest absolute Gasteiger partial charge is 0.308 e. The van der Waals surface area contributed by atoms with E-state index in [4.69, 9.17) is 10.2 Å². The van der Waals surface area contributed by atoms with Crippen LogP contribution in [0.15, 0.2) is 30.9 Å². The molecule has 0 radical (unpaired) electrons. The van der Waals surface area contributed by atoms with E-state index in [0.29, 0.717) is 34.5 Å². The highest BCUT2D eigenvalue weighted by Gasteiger charge is 2.24. The van der Waals surface area contributed by atoms with Gasteiger partial charge in [0.15, 0.2) is 5.82 Å². The molecule has 8 nitrogen and oxygen atoms in total. The molecule has 0 aliphatic rings. The Morgan fingerprint density at radius 2 is 2.09 bits per heavy atom. The highest BCUT2D eigenvalue weighted by Crippen LogP contribution is 2.31. The van der Waals surface area contributed by atoms with E-state index in [2.05, 4.69) is 21.0 Å². The van der Waals surface area contributed by atoms with Crippen LogP contribution in [0.1, 0.15) is 44.7 Å². The molecule has 2 atom stereocenters. The number of nitrogens with one attached hydrogen (secondary N) is 1. The minimum Gasteiger partial charge on any atom is -0.481 e. The van der Waals surface area contributed by atoms with Crippen molar-refractivity contribution in [1.82, 2.24) is 24.5 Å². The predicted molar refractivity (Wildman–Crippen MR) is 117 cm³/mol. The molecule has 9 heteroatoms. The van der Waals surface area contributed by atoms with Crippen molar-refractivity contribution in [3.63, 3.8) is 0 Å². The van der Waals surface area contributed by atoms with Crippen LogP contribution >= 0.6 is 0 Å². The number of hydrogen-bond acceptors (Lipinski definition) is 5. The molecule has 0 aliphatic heterocycles. The standard InChI is InChI=1S/C23H23FN6O2/c1-13(23(31)32)14(2)30-12-15(6-4-3-5-7-25)18-10-28-21(29-22(18)30)19-11-27-20-17(19)8-16(24)9-26-20/h8-14H,3-6H2,1-2H3,(H,26,27)(H,31,32)/t13-,14-/m1/s1. The lowest BCUT2D eigenvalue weighted by atomic mass is 10.0. The van der Waals surface area contributed by atoms with Gasteiger partial charge in [0.1, 0.15) is 17.1 Å². The van der Waals surface area contributed by atoms with Crippen molar-refractivity contribution in [3.8, 4) is 17.5 Å². The van der Waals surface area contributed by atoms with Gasteiger partial charge in [-0.3, -0.25) is 4.79 Å². The Morgan fingerprint density at radius 3 is 2.84 bits per heavy atom. The molecule has 4 heterocycles. The van der Waals surface area contributed by atoms with E-state index >= 15 is 0 Å². The summed E-state index contributed by atoms with van der Waals surface area (Å²) in [5, 5.41) is 19.7. The summed E-state index contributed by atoms with van der Waals surface area (Å²) in [5.74, 6) is -1.56. The third-order valence-electron chi connectivity index (χ3n) is 5.93. The Bertz CT molecular complexity index is 1340. The number of carbonyl (C=O) groups is 1. The van der Waals surface area contributed by atoms with Crippen molar-refractivity contribution in [2.45, 2.75) is 45.6 Å². The average molecular weight is 434 g/mol. The fourth-order valence-electron chi connectivity index (χ4n) is 3.86. The minimum absolute atomic E-state index is 0.340. The van der Waals surface area contributed by atoms with Crippen molar-refractivity contribution in [2.24, 2.45) is 5.92 Å². The van der Waals surface area contributed by atoms with Crippen molar-refractivity contribution in [3.05, 3.63) is 42.2 Å². The first-order valence-electron chi connectivity index (χ1n) is 10.5. The van der Waals surface area contributed by atoms with Crippen LogP contribution in [-0.2, 0) is 11.2 Å². The quantitative estimate of drug-likeness (QED) is 0.390. The number of pyridine rings is 1. The summed E-state index contributed by atoms with van der Waals surface area (Å²) < 4.78 is 15.7. The molecular weight excluding hydrogens is 411 g/mol. The first-order valence-corrected chi connectivity index (χ1v) is 10.5. The van der Waals surface area contributed by atoms with Gasteiger partial charge < -0.3 is 14.7 Å². The third kappa shape index (κ3) is 3.91. The number of nitrogens with zero attached hydrogens (tertiary/aromatic N) is 5. The number of aromatic nitrogens is 5. The van der Waals surface area contributed by atoms with Crippen LogP contribution in [0.4, 0.5) is 4.39 Å². The van der Waals surface area contributed by atoms with Crippen molar-refractivity contribution in [1.29, 1.82) is 5.26 Å². The predicted octanol–water partition coefficient (Wildman–Crippen LogP) is 4.63. The molecule has 164 valence electrons. The molecule has 4 aromatic rings. The van der Waals surface area contributed by atoms with Crippen LogP contribution in [0.2, 0.25) is 0 Å². The summed E-state index contributed by atoms with van der Waals surface area (Å²) in [4.78, 5) is 28.0. The van der Waals surface area contributed by atoms with Crippen LogP contribution in [-0.4, -0.2) is 35.6 Å². The van der Waals surface area contributed by atoms with Crippen LogP contribution in [0.5, 0.6) is 0 Å². The Morgan fingerprint density at radius 1 is 1.28 bits per heavy atom. The van der Waals surface area contributed by atoms with Crippen molar-refractivity contribution < 1.29 is 14.3 Å². The highest BCUT2D eigenvalue weighted by atomic mass is 19.1. The van der Waals surface area contributed by atoms with E-state index in [0.717, 1.165) is 36.4 Å². The first kappa shape index (κ1) is 21.4. The summed E-state index contributed by atoms with van der Waals surface area (Å²) in [6.07, 6.45) is 9.37. The van der Waals surface area contributed by atoms with E-state index in [9.17, 15) is 14.3 Å². The van der Waals surface area contributed by atoms with Gasteiger partial charge in [-0.05, 0) is 44.7 Å². The highest BCUT2D eigenvalue weighted by molar-refractivity contribution is 5.92. The molecule has 2 N–H and O–H groups in total. The number of halogens is 1. The Hall–Kier alpha value is -3.80. The largest absolute Gasteiger partial charge is 0.481 e. The molecule has 0 aromatic carbocycles. The van der Waals surface area contributed by atoms with Crippen LogP contribution in [0.25, 0.3) is 33.5 Å². The molecule has 0 saturated carbocycles. The number of nitriles is 1. The molecule has 4 rings (SSSR count). The lowest BCUT2D eigenvalue weighted by Crippen LogP contribution is -2.21. The van der Waals surface area contributed by atoms with Gasteiger partial charge in [0.2, 0.25) is 0 Å². The first-order chi connectivity index (χ1) is 15.4. The van der Waals surface area contributed by atoms with E-state index in [1.807, 2.05) is 17.7 Å². The van der Waals surface area contributed by atoms with Crippen LogP contribution in [0, 0.1) is 23.1 Å². The van der Waals surface area contributed by atoms with Gasteiger partial charge in [0.05, 0.1) is 18.2 Å². The Kier molecular flexibility index (Phi) is 5.86. The SMILES string of the molecule is C[C@H]([C@@H](C)C(=O)O)n1cc(CCCCC#N)c2cnc(-c3c[nH]c4ncc(F)cc34)nc21. The van der Waals surface area contributed by atoms with Gasteiger partial charge in [0, 0.05) is 47.4 Å². The lowest BCUT2D eigenvalue weighted by molar-refractivity contribution is -0.142. The van der Waals surface area contributed by atoms with E-state index < -0.39 is 17.7 Å². The number of carboxylic acids is 1. The number of aromatic amines is 1. The Labute approximate surface area is 183 Å². The molecule has 0 aliphatic carbocycles.